The summed E-state index contributed by atoms with van der Waals surface area (Å²) in [5, 5.41) is 64.4. The van der Waals surface area contributed by atoms with Crippen molar-refractivity contribution < 1.29 is 44.9 Å². The Morgan fingerprint density at radius 1 is 0.654 bits per heavy atom. The van der Waals surface area contributed by atoms with Crippen LogP contribution in [0.4, 0.5) is 0 Å². The molecule has 0 aromatic carbocycles. The lowest BCUT2D eigenvalue weighted by molar-refractivity contribution is -0.302. The van der Waals surface area contributed by atoms with Crippen molar-refractivity contribution in [1.29, 1.82) is 0 Å². The molecule has 1 saturated heterocycles. The highest BCUT2D eigenvalue weighted by molar-refractivity contribution is 5.80. The molecule has 1 aliphatic heterocycles. The summed E-state index contributed by atoms with van der Waals surface area (Å²) in [4.78, 5) is 13.0. The summed E-state index contributed by atoms with van der Waals surface area (Å²) in [6, 6.07) is -0.998. The van der Waals surface area contributed by atoms with Crippen LogP contribution in [0.15, 0.2) is 36.5 Å². The van der Waals surface area contributed by atoms with Crippen LogP contribution < -0.4 is 5.32 Å². The molecule has 0 spiro atoms. The maximum atomic E-state index is 13.0. The largest absolute Gasteiger partial charge is 0.394 e. The van der Waals surface area contributed by atoms with Crippen molar-refractivity contribution in [1.82, 2.24) is 5.32 Å². The number of ether oxygens (including phenoxy) is 2. The Hall–Kier alpha value is -1.63. The predicted molar refractivity (Wildman–Crippen MR) is 209 cm³/mol. The number of amides is 1. The lowest BCUT2D eigenvalue weighted by Gasteiger charge is -2.40. The van der Waals surface area contributed by atoms with Crippen molar-refractivity contribution in [3.63, 3.8) is 0 Å². The second-order valence-electron chi connectivity index (χ2n) is 14.6. The molecule has 1 aliphatic rings. The Morgan fingerprint density at radius 2 is 1.13 bits per heavy atom. The number of nitrogens with one attached hydrogen (secondary N) is 1. The molecule has 0 radical (unpaired) electrons. The Kier molecular flexibility index (Phi) is 30.5. The van der Waals surface area contributed by atoms with Crippen LogP contribution in [0.5, 0.6) is 0 Å². The zero-order valence-electron chi connectivity index (χ0n) is 32.7. The minimum atomic E-state index is -1.62. The summed E-state index contributed by atoms with van der Waals surface area (Å²) in [5.41, 5.74) is 0. The van der Waals surface area contributed by atoms with Crippen molar-refractivity contribution in [3.05, 3.63) is 36.5 Å². The first-order valence-electron chi connectivity index (χ1n) is 20.8. The highest BCUT2D eigenvalue weighted by atomic mass is 16.7. The van der Waals surface area contributed by atoms with E-state index in [-0.39, 0.29) is 6.61 Å². The molecule has 1 rings (SSSR count). The first-order valence-corrected chi connectivity index (χ1v) is 20.8. The molecular formula is C42H77NO9. The van der Waals surface area contributed by atoms with E-state index in [1.807, 2.05) is 6.08 Å². The summed E-state index contributed by atoms with van der Waals surface area (Å²) in [5.74, 6) is -0.633. The van der Waals surface area contributed by atoms with E-state index >= 15 is 0 Å². The molecule has 52 heavy (non-hydrogen) atoms. The van der Waals surface area contributed by atoms with Crippen molar-refractivity contribution in [2.24, 2.45) is 0 Å². The molecule has 1 heterocycles. The second-order valence-corrected chi connectivity index (χ2v) is 14.6. The minimum absolute atomic E-state index is 0.303. The van der Waals surface area contributed by atoms with Gasteiger partial charge in [-0.3, -0.25) is 4.79 Å². The van der Waals surface area contributed by atoms with Gasteiger partial charge in [0.25, 0.3) is 0 Å². The van der Waals surface area contributed by atoms with Gasteiger partial charge in [-0.15, -0.1) is 0 Å². The van der Waals surface area contributed by atoms with Gasteiger partial charge in [0.05, 0.1) is 25.4 Å². The molecule has 0 aliphatic carbocycles. The van der Waals surface area contributed by atoms with Crippen molar-refractivity contribution in [3.8, 4) is 0 Å². The molecule has 0 aromatic rings. The Morgan fingerprint density at radius 3 is 1.67 bits per heavy atom. The van der Waals surface area contributed by atoms with Crippen LogP contribution in [0.2, 0.25) is 0 Å². The fourth-order valence-electron chi connectivity index (χ4n) is 6.31. The van der Waals surface area contributed by atoms with Crippen LogP contribution in [-0.2, 0) is 14.3 Å². The highest BCUT2D eigenvalue weighted by Gasteiger charge is 2.44. The molecule has 8 unspecified atom stereocenters. The van der Waals surface area contributed by atoms with Crippen molar-refractivity contribution in [2.45, 2.75) is 210 Å². The van der Waals surface area contributed by atoms with Gasteiger partial charge in [-0.2, -0.15) is 0 Å². The summed E-state index contributed by atoms with van der Waals surface area (Å²) < 4.78 is 11.1. The number of carbonyl (C=O) groups is 1. The van der Waals surface area contributed by atoms with E-state index in [1.54, 1.807) is 6.08 Å². The zero-order chi connectivity index (χ0) is 38.2. The molecule has 0 saturated carbocycles. The van der Waals surface area contributed by atoms with Gasteiger partial charge in [0.2, 0.25) is 5.91 Å². The van der Waals surface area contributed by atoms with Crippen LogP contribution in [0, 0.1) is 0 Å². The second kappa shape index (κ2) is 32.8. The number of aliphatic hydroxyl groups excluding tert-OH is 6. The number of rotatable bonds is 33. The van der Waals surface area contributed by atoms with Crippen LogP contribution in [0.3, 0.4) is 0 Å². The van der Waals surface area contributed by atoms with Gasteiger partial charge in [0.15, 0.2) is 6.29 Å². The fraction of sp³-hybridized carbons (Fsp3) is 0.833. The van der Waals surface area contributed by atoms with Crippen molar-refractivity contribution >= 4 is 5.91 Å². The summed E-state index contributed by atoms with van der Waals surface area (Å²) in [6.45, 7) is 3.52. The number of allylic oxidation sites excluding steroid dienone is 5. The maximum Gasteiger partial charge on any atom is 0.249 e. The fourth-order valence-corrected chi connectivity index (χ4v) is 6.31. The number of hydrogen-bond acceptors (Lipinski definition) is 9. The monoisotopic (exact) mass is 740 g/mol. The van der Waals surface area contributed by atoms with E-state index in [4.69, 9.17) is 9.47 Å². The van der Waals surface area contributed by atoms with E-state index in [2.05, 4.69) is 43.5 Å². The minimum Gasteiger partial charge on any atom is -0.394 e. The summed E-state index contributed by atoms with van der Waals surface area (Å²) >= 11 is 0. The van der Waals surface area contributed by atoms with Crippen LogP contribution in [-0.4, -0.2) is 98.7 Å². The third kappa shape index (κ3) is 23.2. The van der Waals surface area contributed by atoms with E-state index in [0.29, 0.717) is 19.3 Å². The number of aliphatic hydroxyl groups is 6. The number of hydrogen-bond donors (Lipinski definition) is 7. The van der Waals surface area contributed by atoms with E-state index in [0.717, 1.165) is 44.9 Å². The molecular weight excluding hydrogens is 662 g/mol. The quantitative estimate of drug-likeness (QED) is 0.0287. The molecule has 1 fully saturated rings. The lowest BCUT2D eigenvalue weighted by atomic mass is 9.99. The number of carbonyl (C=O) groups excluding carboxylic acids is 1. The van der Waals surface area contributed by atoms with Gasteiger partial charge in [-0.05, 0) is 44.9 Å². The van der Waals surface area contributed by atoms with E-state index < -0.39 is 61.5 Å². The van der Waals surface area contributed by atoms with Crippen LogP contribution in [0.1, 0.15) is 162 Å². The molecule has 10 heteroatoms. The molecule has 10 nitrogen and oxygen atoms in total. The van der Waals surface area contributed by atoms with Gasteiger partial charge in [-0.1, -0.05) is 153 Å². The van der Waals surface area contributed by atoms with Gasteiger partial charge >= 0.3 is 0 Å². The Balaban J connectivity index is 2.51. The van der Waals surface area contributed by atoms with Crippen LogP contribution >= 0.6 is 0 Å². The van der Waals surface area contributed by atoms with E-state index in [1.165, 1.54) is 83.5 Å². The average Bonchev–Trinajstić information content (AvgIpc) is 3.14. The Bertz CT molecular complexity index is 927. The smallest absolute Gasteiger partial charge is 0.249 e. The Labute approximate surface area is 315 Å². The van der Waals surface area contributed by atoms with E-state index in [9.17, 15) is 35.4 Å². The molecule has 0 bridgehead atoms. The molecule has 304 valence electrons. The number of unbranched alkanes of at least 4 members (excludes halogenated alkanes) is 18. The van der Waals surface area contributed by atoms with Gasteiger partial charge in [0.1, 0.15) is 30.5 Å². The van der Waals surface area contributed by atoms with Gasteiger partial charge in [0, 0.05) is 0 Å². The first-order chi connectivity index (χ1) is 25.3. The third-order valence-electron chi connectivity index (χ3n) is 9.80. The lowest BCUT2D eigenvalue weighted by Crippen LogP contribution is -2.60. The van der Waals surface area contributed by atoms with Crippen molar-refractivity contribution in [2.75, 3.05) is 13.2 Å². The average molecular weight is 740 g/mol. The normalized spacial score (nSPS) is 22.8. The van der Waals surface area contributed by atoms with Crippen LogP contribution in [0.25, 0.3) is 0 Å². The molecule has 1 amide bonds. The van der Waals surface area contributed by atoms with Gasteiger partial charge in [-0.25, -0.2) is 0 Å². The molecule has 8 atom stereocenters. The predicted octanol–water partition coefficient (Wildman–Crippen LogP) is 6.69. The maximum absolute atomic E-state index is 13.0. The summed E-state index contributed by atoms with van der Waals surface area (Å²) in [7, 11) is 0. The zero-order valence-corrected chi connectivity index (χ0v) is 32.7. The highest BCUT2D eigenvalue weighted by Crippen LogP contribution is 2.22. The first kappa shape index (κ1) is 48.4. The standard InChI is InChI=1S/C42H77NO9/c1-3-5-7-9-11-13-15-17-19-21-23-25-27-29-31-36(46)41(50)43-34(33-51-42-40(49)39(48)38(47)37(32-44)52-42)35(45)30-28-26-24-22-20-18-16-14-12-10-8-6-4-2/h12,14,20,22,28,30,34-40,42,44-49H,3-11,13,15-19,21,23-27,29,31-33H2,1-2H3,(H,43,50)/b14-12+,22-20+,30-28+. The summed E-state index contributed by atoms with van der Waals surface area (Å²) in [6.07, 6.45) is 28.0. The molecule has 0 aromatic heterocycles. The topological polar surface area (TPSA) is 169 Å². The SMILES string of the molecule is CCCCC/C=C/CC/C=C/CC/C=C/C(O)C(COC1OC(CO)C(O)C(O)C1O)NC(=O)C(O)CCCCCCCCCCCCCCCC. The van der Waals surface area contributed by atoms with Gasteiger partial charge < -0.3 is 45.4 Å². The third-order valence-corrected chi connectivity index (χ3v) is 9.80. The molecule has 7 N–H and O–H groups in total.